The van der Waals surface area contributed by atoms with Crippen molar-refractivity contribution in [3.63, 3.8) is 0 Å². The lowest BCUT2D eigenvalue weighted by atomic mass is 10.3. The van der Waals surface area contributed by atoms with Crippen molar-refractivity contribution >= 4 is 39.8 Å². The molecule has 0 fully saturated rings. The van der Waals surface area contributed by atoms with Crippen molar-refractivity contribution < 1.29 is 14.3 Å². The molecule has 0 saturated carbocycles. The van der Waals surface area contributed by atoms with Crippen LogP contribution in [0.4, 0.5) is 5.00 Å². The third-order valence-corrected chi connectivity index (χ3v) is 3.85. The summed E-state index contributed by atoms with van der Waals surface area (Å²) in [7, 11) is 0. The fraction of sp³-hybridized carbons (Fsp3) is 0.231. The molecule has 0 radical (unpaired) electrons. The lowest BCUT2D eigenvalue weighted by Gasteiger charge is -2.10. The van der Waals surface area contributed by atoms with Crippen LogP contribution in [-0.2, 0) is 14.3 Å². The molecule has 0 spiro atoms. The standard InChI is InChI=1S/C13H12ClN3O3S/c1-7(20-8(2)18)11(19)17-13-10(14)16-12(21-13)9-4-3-5-15-6-9/h3-7H,1-2H3,(H,17,19). The number of esters is 1. The molecule has 21 heavy (non-hydrogen) atoms. The van der Waals surface area contributed by atoms with Gasteiger partial charge in [0.25, 0.3) is 5.91 Å². The second-order valence-corrected chi connectivity index (χ2v) is 5.48. The molecule has 0 saturated heterocycles. The lowest BCUT2D eigenvalue weighted by Crippen LogP contribution is -2.28. The molecule has 0 aliphatic heterocycles. The van der Waals surface area contributed by atoms with E-state index in [1.807, 2.05) is 6.07 Å². The van der Waals surface area contributed by atoms with Crippen molar-refractivity contribution in [2.45, 2.75) is 20.0 Å². The third-order valence-electron chi connectivity index (χ3n) is 2.44. The summed E-state index contributed by atoms with van der Waals surface area (Å²) >= 11 is 7.23. The molecule has 1 unspecified atom stereocenters. The Morgan fingerprint density at radius 3 is 2.86 bits per heavy atom. The Labute approximate surface area is 130 Å². The van der Waals surface area contributed by atoms with Crippen LogP contribution < -0.4 is 5.32 Å². The van der Waals surface area contributed by atoms with Gasteiger partial charge in [-0.2, -0.15) is 0 Å². The summed E-state index contributed by atoms with van der Waals surface area (Å²) in [5, 5.41) is 3.82. The zero-order chi connectivity index (χ0) is 15.4. The fourth-order valence-corrected chi connectivity index (χ4v) is 2.66. The number of anilines is 1. The summed E-state index contributed by atoms with van der Waals surface area (Å²) in [5.41, 5.74) is 0.804. The lowest BCUT2D eigenvalue weighted by molar-refractivity contribution is -0.150. The molecule has 2 aromatic heterocycles. The van der Waals surface area contributed by atoms with Gasteiger partial charge in [-0.3, -0.25) is 14.6 Å². The first-order valence-electron chi connectivity index (χ1n) is 6.02. The van der Waals surface area contributed by atoms with E-state index in [1.54, 1.807) is 18.5 Å². The summed E-state index contributed by atoms with van der Waals surface area (Å²) in [6.45, 7) is 2.72. The maximum absolute atomic E-state index is 11.9. The maximum Gasteiger partial charge on any atom is 0.303 e. The van der Waals surface area contributed by atoms with Gasteiger partial charge in [0.1, 0.15) is 10.0 Å². The summed E-state index contributed by atoms with van der Waals surface area (Å²) < 4.78 is 4.80. The molecule has 0 aliphatic carbocycles. The molecule has 0 bridgehead atoms. The summed E-state index contributed by atoms with van der Waals surface area (Å²) in [6.07, 6.45) is 2.41. The topological polar surface area (TPSA) is 81.2 Å². The Morgan fingerprint density at radius 2 is 2.24 bits per heavy atom. The van der Waals surface area contributed by atoms with Crippen molar-refractivity contribution in [3.8, 4) is 10.6 Å². The number of aromatic nitrogens is 2. The van der Waals surface area contributed by atoms with Gasteiger partial charge in [-0.25, -0.2) is 4.98 Å². The van der Waals surface area contributed by atoms with Crippen LogP contribution in [0, 0.1) is 0 Å². The minimum Gasteiger partial charge on any atom is -0.453 e. The Kier molecular flexibility index (Phi) is 4.87. The van der Waals surface area contributed by atoms with Gasteiger partial charge in [0.15, 0.2) is 11.3 Å². The second kappa shape index (κ2) is 6.64. The van der Waals surface area contributed by atoms with Gasteiger partial charge in [0.2, 0.25) is 0 Å². The quantitative estimate of drug-likeness (QED) is 0.874. The molecule has 8 heteroatoms. The number of halogens is 1. The highest BCUT2D eigenvalue weighted by Gasteiger charge is 2.19. The van der Waals surface area contributed by atoms with Gasteiger partial charge in [-0.15, -0.1) is 0 Å². The van der Waals surface area contributed by atoms with E-state index >= 15 is 0 Å². The minimum atomic E-state index is -0.900. The molecular weight excluding hydrogens is 314 g/mol. The second-order valence-electron chi connectivity index (χ2n) is 4.12. The smallest absolute Gasteiger partial charge is 0.303 e. The van der Waals surface area contributed by atoms with Crippen LogP contribution in [0.25, 0.3) is 10.6 Å². The predicted molar refractivity (Wildman–Crippen MR) is 80.2 cm³/mol. The van der Waals surface area contributed by atoms with Crippen LogP contribution in [0.1, 0.15) is 13.8 Å². The zero-order valence-electron chi connectivity index (χ0n) is 11.3. The molecule has 1 amide bonds. The molecule has 0 aliphatic rings. The maximum atomic E-state index is 11.9. The van der Waals surface area contributed by atoms with Crippen LogP contribution in [-0.4, -0.2) is 27.9 Å². The first kappa shape index (κ1) is 15.4. The number of carbonyl (C=O) groups excluding carboxylic acids is 2. The number of nitrogens with zero attached hydrogens (tertiary/aromatic N) is 2. The number of carbonyl (C=O) groups is 2. The molecule has 2 rings (SSSR count). The van der Waals surface area contributed by atoms with Crippen molar-refractivity contribution in [2.75, 3.05) is 5.32 Å². The van der Waals surface area contributed by atoms with Crippen molar-refractivity contribution in [2.24, 2.45) is 0 Å². The minimum absolute atomic E-state index is 0.183. The molecule has 110 valence electrons. The van der Waals surface area contributed by atoms with E-state index in [0.29, 0.717) is 10.0 Å². The van der Waals surface area contributed by atoms with Crippen LogP contribution in [0.3, 0.4) is 0 Å². The van der Waals surface area contributed by atoms with Crippen LogP contribution in [0.2, 0.25) is 5.15 Å². The molecule has 2 heterocycles. The zero-order valence-corrected chi connectivity index (χ0v) is 12.9. The van der Waals surface area contributed by atoms with Crippen molar-refractivity contribution in [1.82, 2.24) is 9.97 Å². The third kappa shape index (κ3) is 3.99. The first-order valence-corrected chi connectivity index (χ1v) is 7.21. The van der Waals surface area contributed by atoms with Crippen LogP contribution in [0.15, 0.2) is 24.5 Å². The highest BCUT2D eigenvalue weighted by atomic mass is 35.5. The highest BCUT2D eigenvalue weighted by molar-refractivity contribution is 7.19. The number of amides is 1. The van der Waals surface area contributed by atoms with Gasteiger partial charge in [0.05, 0.1) is 0 Å². The number of thiazole rings is 1. The number of ether oxygens (including phenoxy) is 1. The Bertz CT molecular complexity index is 660. The molecule has 6 nitrogen and oxygen atoms in total. The molecule has 1 atom stereocenters. The van der Waals surface area contributed by atoms with Gasteiger partial charge >= 0.3 is 5.97 Å². The average molecular weight is 326 g/mol. The number of pyridine rings is 1. The summed E-state index contributed by atoms with van der Waals surface area (Å²) in [4.78, 5) is 30.9. The van der Waals surface area contributed by atoms with E-state index in [9.17, 15) is 9.59 Å². The van der Waals surface area contributed by atoms with E-state index < -0.39 is 18.0 Å². The Balaban J connectivity index is 2.13. The number of hydrogen-bond donors (Lipinski definition) is 1. The molecular formula is C13H12ClN3O3S. The van der Waals surface area contributed by atoms with Crippen molar-refractivity contribution in [3.05, 3.63) is 29.7 Å². The van der Waals surface area contributed by atoms with Gasteiger partial charge < -0.3 is 10.1 Å². The number of nitrogens with one attached hydrogen (secondary N) is 1. The molecule has 2 aromatic rings. The summed E-state index contributed by atoms with van der Waals surface area (Å²) in [5.74, 6) is -0.988. The largest absolute Gasteiger partial charge is 0.453 e. The van der Waals surface area contributed by atoms with E-state index in [4.69, 9.17) is 16.3 Å². The average Bonchev–Trinajstić information content (AvgIpc) is 2.80. The molecule has 0 aromatic carbocycles. The monoisotopic (exact) mass is 325 g/mol. The van der Waals surface area contributed by atoms with Crippen LogP contribution >= 0.6 is 22.9 Å². The first-order chi connectivity index (χ1) is 9.97. The Morgan fingerprint density at radius 1 is 1.48 bits per heavy atom. The Hall–Kier alpha value is -1.99. The van der Waals surface area contributed by atoms with E-state index in [0.717, 1.165) is 5.56 Å². The predicted octanol–water partition coefficient (Wildman–Crippen LogP) is 2.75. The number of hydrogen-bond acceptors (Lipinski definition) is 6. The van der Waals surface area contributed by atoms with Gasteiger partial charge in [-0.05, 0) is 19.1 Å². The van der Waals surface area contributed by atoms with E-state index in [1.165, 1.54) is 25.2 Å². The number of rotatable bonds is 4. The fourth-order valence-electron chi connectivity index (χ4n) is 1.51. The SMILES string of the molecule is CC(=O)OC(C)C(=O)Nc1sc(-c2cccnc2)nc1Cl. The van der Waals surface area contributed by atoms with Crippen LogP contribution in [0.5, 0.6) is 0 Å². The normalized spacial score (nSPS) is 11.8. The van der Waals surface area contributed by atoms with E-state index in [2.05, 4.69) is 15.3 Å². The summed E-state index contributed by atoms with van der Waals surface area (Å²) in [6, 6.07) is 3.63. The molecule has 1 N–H and O–H groups in total. The van der Waals surface area contributed by atoms with Crippen molar-refractivity contribution in [1.29, 1.82) is 0 Å². The van der Waals surface area contributed by atoms with Gasteiger partial charge in [0, 0.05) is 24.9 Å². The van der Waals surface area contributed by atoms with Gasteiger partial charge in [-0.1, -0.05) is 22.9 Å². The highest BCUT2D eigenvalue weighted by Crippen LogP contribution is 2.34. The van der Waals surface area contributed by atoms with E-state index in [-0.39, 0.29) is 5.15 Å².